The molecule has 1 aliphatic rings. The molecular weight excluding hydrogens is 340 g/mol. The van der Waals surface area contributed by atoms with Crippen LogP contribution in [-0.2, 0) is 0 Å². The number of piperidine rings is 1. The number of nitrogens with zero attached hydrogens (tertiary/aromatic N) is 4. The monoisotopic (exact) mass is 364 g/mol. The largest absolute Gasteiger partial charge is 0.366 e. The number of carbonyl (C=O) groups is 1. The van der Waals surface area contributed by atoms with Crippen molar-refractivity contribution in [2.45, 2.75) is 39.7 Å². The van der Waals surface area contributed by atoms with E-state index in [-0.39, 0.29) is 11.9 Å². The highest BCUT2D eigenvalue weighted by atomic mass is 16.2. The van der Waals surface area contributed by atoms with Gasteiger partial charge in [0.25, 0.3) is 5.91 Å². The van der Waals surface area contributed by atoms with Gasteiger partial charge in [0.05, 0.1) is 11.6 Å². The number of fused-ring (bicyclic) bond motifs is 1. The molecule has 1 amide bonds. The Morgan fingerprint density at radius 2 is 1.85 bits per heavy atom. The summed E-state index contributed by atoms with van der Waals surface area (Å²) in [5.74, 6) is 0.937. The number of likely N-dealkylation sites (tertiary alicyclic amines) is 1. The topological polar surface area (TPSA) is 86.8 Å². The molecule has 1 aliphatic heterocycles. The Labute approximate surface area is 158 Å². The van der Waals surface area contributed by atoms with Gasteiger partial charge in [-0.15, -0.1) is 0 Å². The van der Waals surface area contributed by atoms with Gasteiger partial charge >= 0.3 is 0 Å². The number of hydrogen-bond acceptors (Lipinski definition) is 5. The molecule has 0 bridgehead atoms. The first kappa shape index (κ1) is 17.5. The Hall–Kier alpha value is -2.96. The molecule has 0 saturated carbocycles. The van der Waals surface area contributed by atoms with E-state index in [2.05, 4.69) is 44.5 Å². The van der Waals surface area contributed by atoms with E-state index >= 15 is 0 Å². The molecule has 1 saturated heterocycles. The van der Waals surface area contributed by atoms with Gasteiger partial charge in [-0.05, 0) is 44.7 Å². The highest BCUT2D eigenvalue weighted by Crippen LogP contribution is 2.23. The van der Waals surface area contributed by atoms with Crippen molar-refractivity contribution >= 4 is 22.8 Å². The van der Waals surface area contributed by atoms with Crippen LogP contribution in [0, 0.1) is 20.8 Å². The Kier molecular flexibility index (Phi) is 4.51. The van der Waals surface area contributed by atoms with Gasteiger partial charge in [0.2, 0.25) is 0 Å². The fourth-order valence-corrected chi connectivity index (χ4v) is 3.98. The molecule has 0 unspecified atom stereocenters. The second-order valence-corrected chi connectivity index (χ2v) is 7.34. The molecule has 7 heteroatoms. The standard InChI is InChI=1S/C20H24N6O/c1-12-8-13(2)17(14(3)9-12)20(27)26-6-4-15(5-7-26)24-18-16-10-23-25-19(16)22-11-21-18/h8-11,15H,4-7H2,1-3H3,(H2,21,22,23,24,25). The first-order valence-electron chi connectivity index (χ1n) is 9.30. The molecule has 0 radical (unpaired) electrons. The second kappa shape index (κ2) is 6.98. The quantitative estimate of drug-likeness (QED) is 0.746. The van der Waals surface area contributed by atoms with Crippen molar-refractivity contribution in [1.29, 1.82) is 0 Å². The Bertz CT molecular complexity index is 964. The predicted molar refractivity (Wildman–Crippen MR) is 105 cm³/mol. The minimum absolute atomic E-state index is 0.141. The average Bonchev–Trinajstić information content (AvgIpc) is 3.11. The van der Waals surface area contributed by atoms with Crippen LogP contribution in [0.1, 0.15) is 39.9 Å². The molecule has 0 atom stereocenters. The number of amides is 1. The van der Waals surface area contributed by atoms with Crippen LogP contribution in [0.4, 0.5) is 5.82 Å². The normalized spacial score (nSPS) is 15.3. The van der Waals surface area contributed by atoms with E-state index in [4.69, 9.17) is 0 Å². The molecule has 1 fully saturated rings. The lowest BCUT2D eigenvalue weighted by Gasteiger charge is -2.33. The maximum atomic E-state index is 13.0. The van der Waals surface area contributed by atoms with Crippen LogP contribution in [0.5, 0.6) is 0 Å². The van der Waals surface area contributed by atoms with Crippen LogP contribution in [-0.4, -0.2) is 50.1 Å². The summed E-state index contributed by atoms with van der Waals surface area (Å²) in [6.45, 7) is 7.58. The average molecular weight is 364 g/mol. The molecule has 7 nitrogen and oxygen atoms in total. The van der Waals surface area contributed by atoms with E-state index < -0.39 is 0 Å². The summed E-state index contributed by atoms with van der Waals surface area (Å²) in [6.07, 6.45) is 5.04. The molecule has 4 rings (SSSR count). The molecule has 140 valence electrons. The zero-order chi connectivity index (χ0) is 19.0. The smallest absolute Gasteiger partial charge is 0.254 e. The number of anilines is 1. The third kappa shape index (κ3) is 3.37. The Morgan fingerprint density at radius 1 is 1.15 bits per heavy atom. The van der Waals surface area contributed by atoms with Crippen molar-refractivity contribution in [2.75, 3.05) is 18.4 Å². The zero-order valence-electron chi connectivity index (χ0n) is 15.9. The number of aromatic amines is 1. The van der Waals surface area contributed by atoms with Gasteiger partial charge in [-0.2, -0.15) is 5.10 Å². The molecular formula is C20H24N6O. The fraction of sp³-hybridized carbons (Fsp3) is 0.400. The lowest BCUT2D eigenvalue weighted by molar-refractivity contribution is 0.0717. The van der Waals surface area contributed by atoms with Crippen LogP contribution in [0.3, 0.4) is 0 Å². The van der Waals surface area contributed by atoms with Crippen molar-refractivity contribution in [1.82, 2.24) is 25.1 Å². The maximum absolute atomic E-state index is 13.0. The van der Waals surface area contributed by atoms with E-state index in [0.29, 0.717) is 0 Å². The molecule has 2 aromatic heterocycles. The van der Waals surface area contributed by atoms with Crippen molar-refractivity contribution in [2.24, 2.45) is 0 Å². The van der Waals surface area contributed by atoms with Crippen molar-refractivity contribution < 1.29 is 4.79 Å². The number of nitrogens with one attached hydrogen (secondary N) is 2. The SMILES string of the molecule is Cc1cc(C)c(C(=O)N2CCC(Nc3ncnc4[nH]ncc34)CC2)c(C)c1. The summed E-state index contributed by atoms with van der Waals surface area (Å²) < 4.78 is 0. The number of aromatic nitrogens is 4. The molecule has 0 spiro atoms. The summed E-state index contributed by atoms with van der Waals surface area (Å²) in [5.41, 5.74) is 4.88. The minimum Gasteiger partial charge on any atom is -0.366 e. The highest BCUT2D eigenvalue weighted by molar-refractivity contribution is 5.97. The summed E-state index contributed by atoms with van der Waals surface area (Å²) in [7, 11) is 0. The zero-order valence-corrected chi connectivity index (χ0v) is 15.9. The minimum atomic E-state index is 0.141. The summed E-state index contributed by atoms with van der Waals surface area (Å²) in [4.78, 5) is 23.5. The summed E-state index contributed by atoms with van der Waals surface area (Å²) >= 11 is 0. The molecule has 2 N–H and O–H groups in total. The molecule has 27 heavy (non-hydrogen) atoms. The number of hydrogen-bond donors (Lipinski definition) is 2. The van der Waals surface area contributed by atoms with Crippen LogP contribution < -0.4 is 5.32 Å². The van der Waals surface area contributed by atoms with E-state index in [1.807, 2.05) is 18.7 Å². The number of aryl methyl sites for hydroxylation is 3. The van der Waals surface area contributed by atoms with Gasteiger partial charge in [-0.25, -0.2) is 9.97 Å². The van der Waals surface area contributed by atoms with Gasteiger partial charge in [0.15, 0.2) is 5.65 Å². The first-order valence-corrected chi connectivity index (χ1v) is 9.30. The van der Waals surface area contributed by atoms with Gasteiger partial charge in [0.1, 0.15) is 12.1 Å². The van der Waals surface area contributed by atoms with E-state index in [1.54, 1.807) is 6.20 Å². The van der Waals surface area contributed by atoms with E-state index in [0.717, 1.165) is 59.5 Å². The van der Waals surface area contributed by atoms with Gasteiger partial charge in [0, 0.05) is 24.7 Å². The maximum Gasteiger partial charge on any atom is 0.254 e. The Morgan fingerprint density at radius 3 is 2.56 bits per heavy atom. The van der Waals surface area contributed by atoms with Crippen LogP contribution in [0.2, 0.25) is 0 Å². The number of benzene rings is 1. The third-order valence-electron chi connectivity index (χ3n) is 5.26. The lowest BCUT2D eigenvalue weighted by atomic mass is 9.97. The highest BCUT2D eigenvalue weighted by Gasteiger charge is 2.26. The predicted octanol–water partition coefficient (Wildman–Crippen LogP) is 2.99. The van der Waals surface area contributed by atoms with Gasteiger partial charge in [-0.3, -0.25) is 9.89 Å². The Balaban J connectivity index is 1.43. The van der Waals surface area contributed by atoms with Crippen LogP contribution in [0.25, 0.3) is 11.0 Å². The number of rotatable bonds is 3. The number of H-pyrrole nitrogens is 1. The van der Waals surface area contributed by atoms with Crippen LogP contribution in [0.15, 0.2) is 24.7 Å². The van der Waals surface area contributed by atoms with Gasteiger partial charge < -0.3 is 10.2 Å². The van der Waals surface area contributed by atoms with E-state index in [9.17, 15) is 4.79 Å². The molecule has 0 aliphatic carbocycles. The van der Waals surface area contributed by atoms with Gasteiger partial charge in [-0.1, -0.05) is 17.7 Å². The first-order chi connectivity index (χ1) is 13.0. The van der Waals surface area contributed by atoms with Crippen molar-refractivity contribution in [3.8, 4) is 0 Å². The summed E-state index contributed by atoms with van der Waals surface area (Å²) in [6, 6.07) is 4.45. The lowest BCUT2D eigenvalue weighted by Crippen LogP contribution is -2.43. The number of carbonyl (C=O) groups excluding carboxylic acids is 1. The molecule has 1 aromatic carbocycles. The third-order valence-corrected chi connectivity index (χ3v) is 5.26. The van der Waals surface area contributed by atoms with Crippen LogP contribution >= 0.6 is 0 Å². The van der Waals surface area contributed by atoms with E-state index in [1.165, 1.54) is 11.9 Å². The summed E-state index contributed by atoms with van der Waals surface area (Å²) in [5, 5.41) is 11.3. The van der Waals surface area contributed by atoms with Crippen molar-refractivity contribution in [3.05, 3.63) is 46.9 Å². The molecule has 3 aromatic rings. The van der Waals surface area contributed by atoms with Crippen molar-refractivity contribution in [3.63, 3.8) is 0 Å². The second-order valence-electron chi connectivity index (χ2n) is 7.34. The fourth-order valence-electron chi connectivity index (χ4n) is 3.98. The molecule has 3 heterocycles.